The summed E-state index contributed by atoms with van der Waals surface area (Å²) in [5.74, 6) is -3.61. The van der Waals surface area contributed by atoms with Gasteiger partial charge in [-0.25, -0.2) is 4.98 Å². The molecule has 45 heavy (non-hydrogen) atoms. The third-order valence-corrected chi connectivity index (χ3v) is 6.60. The Labute approximate surface area is 255 Å². The third kappa shape index (κ3) is 10.5. The Bertz CT molecular complexity index is 1430. The summed E-state index contributed by atoms with van der Waals surface area (Å²) in [5.41, 5.74) is 0.0667. The van der Waals surface area contributed by atoms with Crippen LogP contribution in [0.4, 0.5) is 32.0 Å². The highest BCUT2D eigenvalue weighted by atomic mass is 19.4. The molecule has 3 rings (SSSR count). The van der Waals surface area contributed by atoms with Crippen molar-refractivity contribution in [3.05, 3.63) is 89.2 Å². The number of anilines is 1. The predicted octanol–water partition coefficient (Wildman–Crippen LogP) is 6.99. The number of esters is 1. The van der Waals surface area contributed by atoms with Gasteiger partial charge in [-0.15, -0.1) is 13.2 Å². The van der Waals surface area contributed by atoms with Gasteiger partial charge in [-0.1, -0.05) is 37.6 Å². The molecule has 3 aromatic rings. The standard InChI is InChI=1S/C31H31F6N3O5/c1-3-5-24(19-6-8-21(9-7-19)28(42)38-17-16-26(41)44-4-2)27(20-10-13-23(14-11-20)45-31(35,36)37)29(43)40-22-12-15-25(39-18-22)30(32,33)34/h6-15,18,24,27H,3-5,16-17H2,1-2H3,(H,38,42)(H,40,43)/t24-,27+/m1/s1. The van der Waals surface area contributed by atoms with Gasteiger partial charge in [0.05, 0.1) is 30.8 Å². The van der Waals surface area contributed by atoms with Crippen LogP contribution in [0.15, 0.2) is 66.9 Å². The summed E-state index contributed by atoms with van der Waals surface area (Å²) in [5, 5.41) is 5.19. The van der Waals surface area contributed by atoms with Gasteiger partial charge in [0.15, 0.2) is 0 Å². The maximum atomic E-state index is 13.7. The van der Waals surface area contributed by atoms with Crippen molar-refractivity contribution in [3.63, 3.8) is 0 Å². The van der Waals surface area contributed by atoms with Crippen LogP contribution in [0.3, 0.4) is 0 Å². The van der Waals surface area contributed by atoms with E-state index >= 15 is 0 Å². The number of carbonyl (C=O) groups is 3. The van der Waals surface area contributed by atoms with Crippen LogP contribution in [0.5, 0.6) is 5.75 Å². The van der Waals surface area contributed by atoms with Crippen LogP contribution in [0, 0.1) is 0 Å². The van der Waals surface area contributed by atoms with E-state index in [2.05, 4.69) is 20.4 Å². The summed E-state index contributed by atoms with van der Waals surface area (Å²) in [6, 6.07) is 12.9. The number of ether oxygens (including phenoxy) is 2. The van der Waals surface area contributed by atoms with E-state index in [9.17, 15) is 40.7 Å². The molecule has 1 heterocycles. The van der Waals surface area contributed by atoms with Crippen molar-refractivity contribution in [2.24, 2.45) is 0 Å². The molecule has 0 saturated heterocycles. The second-order valence-electron chi connectivity index (χ2n) is 9.84. The lowest BCUT2D eigenvalue weighted by molar-refractivity contribution is -0.274. The van der Waals surface area contributed by atoms with Crippen molar-refractivity contribution in [2.75, 3.05) is 18.5 Å². The molecule has 0 spiro atoms. The monoisotopic (exact) mass is 639 g/mol. The summed E-state index contributed by atoms with van der Waals surface area (Å²) in [6.45, 7) is 3.82. The zero-order valence-electron chi connectivity index (χ0n) is 24.3. The van der Waals surface area contributed by atoms with Gasteiger partial charge in [0.1, 0.15) is 11.4 Å². The van der Waals surface area contributed by atoms with Crippen molar-refractivity contribution in [1.82, 2.24) is 10.3 Å². The summed E-state index contributed by atoms with van der Waals surface area (Å²) < 4.78 is 85.9. The van der Waals surface area contributed by atoms with Crippen molar-refractivity contribution in [1.29, 1.82) is 0 Å². The maximum absolute atomic E-state index is 13.7. The SMILES string of the molecule is CCC[C@H](c1ccc(C(=O)NCCC(=O)OCC)cc1)[C@@H](C(=O)Nc1ccc(C(F)(F)F)nc1)c1ccc(OC(F)(F)F)cc1. The van der Waals surface area contributed by atoms with E-state index < -0.39 is 53.6 Å². The zero-order valence-corrected chi connectivity index (χ0v) is 24.3. The Hall–Kier alpha value is -4.62. The van der Waals surface area contributed by atoms with Gasteiger partial charge in [-0.3, -0.25) is 14.4 Å². The Morgan fingerprint density at radius 3 is 2.04 bits per heavy atom. The normalized spacial score (nSPS) is 13.0. The minimum absolute atomic E-state index is 0.00567. The second kappa shape index (κ2) is 15.4. The molecule has 8 nitrogen and oxygen atoms in total. The minimum atomic E-state index is -4.93. The molecule has 0 fully saturated rings. The number of rotatable bonds is 13. The number of amides is 2. The smallest absolute Gasteiger partial charge is 0.466 e. The van der Waals surface area contributed by atoms with Gasteiger partial charge in [0, 0.05) is 12.1 Å². The lowest BCUT2D eigenvalue weighted by Crippen LogP contribution is -2.28. The number of benzene rings is 2. The molecule has 0 bridgehead atoms. The molecule has 0 radical (unpaired) electrons. The van der Waals surface area contributed by atoms with Crippen molar-refractivity contribution >= 4 is 23.5 Å². The van der Waals surface area contributed by atoms with Crippen LogP contribution >= 0.6 is 0 Å². The topological polar surface area (TPSA) is 107 Å². The molecule has 14 heteroatoms. The van der Waals surface area contributed by atoms with Gasteiger partial charge >= 0.3 is 18.5 Å². The van der Waals surface area contributed by atoms with Gasteiger partial charge in [-0.05, 0) is 66.8 Å². The molecule has 0 aliphatic rings. The third-order valence-electron chi connectivity index (χ3n) is 6.60. The fourth-order valence-electron chi connectivity index (χ4n) is 4.63. The van der Waals surface area contributed by atoms with E-state index in [1.165, 1.54) is 24.3 Å². The number of aromatic nitrogens is 1. The summed E-state index contributed by atoms with van der Waals surface area (Å²) in [6.07, 6.45) is -7.74. The first-order valence-corrected chi connectivity index (χ1v) is 14.0. The van der Waals surface area contributed by atoms with Gasteiger partial charge < -0.3 is 20.1 Å². The average Bonchev–Trinajstić information content (AvgIpc) is 2.97. The van der Waals surface area contributed by atoms with Gasteiger partial charge in [0.2, 0.25) is 5.91 Å². The zero-order chi connectivity index (χ0) is 33.2. The number of alkyl halides is 6. The molecule has 2 amide bonds. The first kappa shape index (κ1) is 34.9. The summed E-state index contributed by atoms with van der Waals surface area (Å²) in [4.78, 5) is 41.2. The van der Waals surface area contributed by atoms with Crippen molar-refractivity contribution < 1.29 is 50.2 Å². The van der Waals surface area contributed by atoms with Crippen molar-refractivity contribution in [3.8, 4) is 5.75 Å². The molecule has 0 unspecified atom stereocenters. The van der Waals surface area contributed by atoms with Crippen molar-refractivity contribution in [2.45, 2.75) is 57.5 Å². The molecule has 0 aliphatic carbocycles. The van der Waals surface area contributed by atoms with Crippen LogP contribution in [0.25, 0.3) is 0 Å². The first-order chi connectivity index (χ1) is 21.2. The molecule has 2 atom stereocenters. The van der Waals surface area contributed by atoms with Crippen LogP contribution < -0.4 is 15.4 Å². The van der Waals surface area contributed by atoms with Crippen LogP contribution in [0.2, 0.25) is 0 Å². The van der Waals surface area contributed by atoms with Crippen LogP contribution in [-0.2, 0) is 20.5 Å². The molecule has 2 aromatic carbocycles. The molecule has 2 N–H and O–H groups in total. The molecular weight excluding hydrogens is 608 g/mol. The number of nitrogens with one attached hydrogen (secondary N) is 2. The first-order valence-electron chi connectivity index (χ1n) is 14.0. The number of nitrogens with zero attached hydrogens (tertiary/aromatic N) is 1. The average molecular weight is 640 g/mol. The quantitative estimate of drug-likeness (QED) is 0.154. The Balaban J connectivity index is 1.91. The van der Waals surface area contributed by atoms with Gasteiger partial charge in [0.25, 0.3) is 5.91 Å². The Kier molecular flexibility index (Phi) is 11.9. The highest BCUT2D eigenvalue weighted by Gasteiger charge is 2.34. The summed E-state index contributed by atoms with van der Waals surface area (Å²) in [7, 11) is 0. The lowest BCUT2D eigenvalue weighted by atomic mass is 9.78. The van der Waals surface area contributed by atoms with E-state index in [0.29, 0.717) is 30.0 Å². The fourth-order valence-corrected chi connectivity index (χ4v) is 4.63. The van der Waals surface area contributed by atoms with E-state index in [1.54, 1.807) is 19.1 Å². The Morgan fingerprint density at radius 1 is 0.867 bits per heavy atom. The minimum Gasteiger partial charge on any atom is -0.466 e. The molecule has 0 saturated carbocycles. The Morgan fingerprint density at radius 2 is 1.51 bits per heavy atom. The maximum Gasteiger partial charge on any atom is 0.573 e. The molecular formula is C31H31F6N3O5. The molecule has 242 valence electrons. The number of halogens is 6. The number of hydrogen-bond donors (Lipinski definition) is 2. The number of hydrogen-bond acceptors (Lipinski definition) is 6. The second-order valence-corrected chi connectivity index (χ2v) is 9.84. The van der Waals surface area contributed by atoms with E-state index in [0.717, 1.165) is 24.4 Å². The van der Waals surface area contributed by atoms with E-state index in [4.69, 9.17) is 4.74 Å². The number of carbonyl (C=O) groups excluding carboxylic acids is 3. The van der Waals surface area contributed by atoms with Gasteiger partial charge in [-0.2, -0.15) is 13.2 Å². The fraction of sp³-hybridized carbons (Fsp3) is 0.355. The predicted molar refractivity (Wildman–Crippen MR) is 151 cm³/mol. The highest BCUT2D eigenvalue weighted by Crippen LogP contribution is 2.39. The molecule has 0 aliphatic heterocycles. The number of pyridine rings is 1. The van der Waals surface area contributed by atoms with Crippen LogP contribution in [0.1, 0.15) is 72.1 Å². The van der Waals surface area contributed by atoms with E-state index in [1.807, 2.05) is 6.92 Å². The summed E-state index contributed by atoms with van der Waals surface area (Å²) >= 11 is 0. The molecule has 1 aromatic heterocycles. The van der Waals surface area contributed by atoms with Crippen LogP contribution in [-0.4, -0.2) is 42.3 Å². The largest absolute Gasteiger partial charge is 0.573 e. The highest BCUT2D eigenvalue weighted by molar-refractivity contribution is 5.97. The van der Waals surface area contributed by atoms with E-state index in [-0.39, 0.29) is 30.8 Å². The lowest BCUT2D eigenvalue weighted by Gasteiger charge is -2.27.